The number of ether oxygens (including phenoxy) is 6. The van der Waals surface area contributed by atoms with Crippen molar-refractivity contribution in [3.63, 3.8) is 0 Å². The molecule has 4 aliphatic heterocycles. The van der Waals surface area contributed by atoms with Gasteiger partial charge in [0.2, 0.25) is 0 Å². The first-order chi connectivity index (χ1) is 48.0. The van der Waals surface area contributed by atoms with E-state index in [-0.39, 0.29) is 73.1 Å². The zero-order chi connectivity index (χ0) is 68.7. The predicted octanol–water partition coefficient (Wildman–Crippen LogP) is 14.7. The van der Waals surface area contributed by atoms with Gasteiger partial charge in [0.25, 0.3) is 5.24 Å². The van der Waals surface area contributed by atoms with Gasteiger partial charge in [-0.25, -0.2) is 38.4 Å². The highest BCUT2D eigenvalue weighted by molar-refractivity contribution is 6.67. The van der Waals surface area contributed by atoms with Crippen molar-refractivity contribution in [2.45, 2.75) is 23.7 Å². The number of cyclic esters (lactones) is 6. The zero-order valence-electron chi connectivity index (χ0n) is 51.9. The molecule has 6 aliphatic rings. The highest BCUT2D eigenvalue weighted by Gasteiger charge is 2.48. The molecule has 0 amide bonds. The van der Waals surface area contributed by atoms with E-state index in [0.29, 0.717) is 0 Å². The Morgan fingerprint density at radius 2 is 0.596 bits per heavy atom. The predicted molar refractivity (Wildman–Crippen MR) is 360 cm³/mol. The summed E-state index contributed by atoms with van der Waals surface area (Å²) in [7, 11) is 0. The van der Waals surface area contributed by atoms with E-state index in [1.54, 1.807) is 48.5 Å². The maximum absolute atomic E-state index is 13.1. The van der Waals surface area contributed by atoms with Gasteiger partial charge in [-0.3, -0.25) is 4.79 Å². The van der Waals surface area contributed by atoms with E-state index in [1.165, 1.54) is 89.7 Å². The molecule has 0 bridgehead atoms. The molecule has 1 fully saturated rings. The van der Waals surface area contributed by atoms with Gasteiger partial charge in [-0.2, -0.15) is 0 Å². The third kappa shape index (κ3) is 11.5. The van der Waals surface area contributed by atoms with Crippen LogP contribution in [0.3, 0.4) is 0 Å². The van der Waals surface area contributed by atoms with Crippen molar-refractivity contribution in [1.82, 2.24) is 0 Å². The molecular formula is C81H51ClO17. The van der Waals surface area contributed by atoms with Crippen LogP contribution in [0.15, 0.2) is 249 Å². The molecule has 2 N–H and O–H groups in total. The van der Waals surface area contributed by atoms with Gasteiger partial charge in [0.1, 0.15) is 23.0 Å². The van der Waals surface area contributed by atoms with Crippen LogP contribution >= 0.6 is 11.6 Å². The molecule has 484 valence electrons. The summed E-state index contributed by atoms with van der Waals surface area (Å²) in [6.07, 6.45) is 2.56. The van der Waals surface area contributed by atoms with Gasteiger partial charge < -0.3 is 38.6 Å². The molecule has 11 aromatic carbocycles. The Labute approximate surface area is 568 Å². The summed E-state index contributed by atoms with van der Waals surface area (Å²) >= 11 is 5.21. The fraction of sp³-hybridized carbons (Fsp3) is 0.0741. The summed E-state index contributed by atoms with van der Waals surface area (Å²) in [6, 6.07) is 74.5. The number of phenols is 2. The van der Waals surface area contributed by atoms with Crippen molar-refractivity contribution in [3.8, 4) is 45.3 Å². The number of aromatic hydroxyl groups is 2. The van der Waals surface area contributed by atoms with Gasteiger partial charge in [0, 0.05) is 18.8 Å². The van der Waals surface area contributed by atoms with Crippen LogP contribution in [0, 0.1) is 0 Å². The smallest absolute Gasteiger partial charge is 0.346 e. The third-order valence-electron chi connectivity index (χ3n) is 18.0. The summed E-state index contributed by atoms with van der Waals surface area (Å²) in [4.78, 5) is 107. The lowest BCUT2D eigenvalue weighted by atomic mass is 9.68. The van der Waals surface area contributed by atoms with E-state index in [0.717, 1.165) is 57.7 Å². The van der Waals surface area contributed by atoms with Gasteiger partial charge in [-0.15, -0.1) is 0 Å². The van der Waals surface area contributed by atoms with Crippen molar-refractivity contribution in [2.24, 2.45) is 0 Å². The molecule has 17 rings (SSSR count). The lowest BCUT2D eigenvalue weighted by Gasteiger charge is -2.34. The molecular weight excluding hydrogens is 1280 g/mol. The Hall–Kier alpha value is -12.7. The quantitative estimate of drug-likeness (QED) is 0.0448. The molecule has 0 saturated carbocycles. The van der Waals surface area contributed by atoms with Crippen LogP contribution in [0.1, 0.15) is 151 Å². The number of halogens is 1. The third-order valence-corrected chi connectivity index (χ3v) is 18.2. The van der Waals surface area contributed by atoms with Gasteiger partial charge >= 0.3 is 47.8 Å². The van der Waals surface area contributed by atoms with Crippen LogP contribution < -0.4 is 9.47 Å². The van der Waals surface area contributed by atoms with Crippen molar-refractivity contribution < 1.29 is 81.8 Å². The van der Waals surface area contributed by atoms with Gasteiger partial charge in [-0.1, -0.05) is 146 Å². The molecule has 11 aromatic rings. The average Bonchev–Trinajstić information content (AvgIpc) is 1.57. The Balaban J connectivity index is 0.000000148. The fourth-order valence-electron chi connectivity index (χ4n) is 13.5. The summed E-state index contributed by atoms with van der Waals surface area (Å²) in [5.41, 5.74) is 12.4. The van der Waals surface area contributed by atoms with E-state index in [2.05, 4.69) is 87.0 Å². The highest BCUT2D eigenvalue weighted by Crippen LogP contribution is 2.58. The van der Waals surface area contributed by atoms with Gasteiger partial charge in [0.05, 0.1) is 55.3 Å². The molecule has 17 nitrogen and oxygen atoms in total. The van der Waals surface area contributed by atoms with Gasteiger partial charge in [0.15, 0.2) is 0 Å². The largest absolute Gasteiger partial charge is 0.508 e. The molecule has 0 radical (unpaired) electrons. The van der Waals surface area contributed by atoms with Crippen molar-refractivity contribution in [2.75, 3.05) is 13.2 Å². The van der Waals surface area contributed by atoms with E-state index in [9.17, 15) is 53.4 Å². The normalized spacial score (nSPS) is 14.6. The highest BCUT2D eigenvalue weighted by atomic mass is 35.5. The zero-order valence-corrected chi connectivity index (χ0v) is 52.7. The average molecular weight is 1330 g/mol. The monoisotopic (exact) mass is 1330 g/mol. The Morgan fingerprint density at radius 3 is 0.889 bits per heavy atom. The lowest BCUT2D eigenvalue weighted by molar-refractivity contribution is 0.0425. The fourth-order valence-corrected chi connectivity index (χ4v) is 13.6. The van der Waals surface area contributed by atoms with Crippen molar-refractivity contribution >= 4 is 64.6 Å². The molecule has 0 spiro atoms. The van der Waals surface area contributed by atoms with Crippen molar-refractivity contribution in [3.05, 3.63) is 343 Å². The summed E-state index contributed by atoms with van der Waals surface area (Å²) in [5, 5.41) is 19.0. The topological polar surface area (TPSA) is 249 Å². The molecule has 0 aromatic heterocycles. The van der Waals surface area contributed by atoms with Crippen LogP contribution in [0.25, 0.3) is 22.3 Å². The maximum Gasteiger partial charge on any atom is 0.346 e. The van der Waals surface area contributed by atoms with Crippen LogP contribution in [-0.4, -0.2) is 76.4 Å². The molecule has 1 saturated heterocycles. The minimum Gasteiger partial charge on any atom is -0.508 e. The minimum atomic E-state index is -0.821. The number of hydrogen-bond donors (Lipinski definition) is 2. The molecule has 0 unspecified atom stereocenters. The second kappa shape index (κ2) is 26.1. The first kappa shape index (κ1) is 63.7. The van der Waals surface area contributed by atoms with Gasteiger partial charge in [-0.05, 0) is 194 Å². The SMILES string of the molecule is C1CCOC1.O=C(Cl)c1ccc2c(c1)C(=O)OC2=O.O=C(Oc1ccc(C2(c3ccc(OC(=O)c4ccc5c(c4)C(=O)OC5=O)cc3)c3ccccc3-c3ccccc32)cc1)c1ccc2c(c1)C(=O)OC2=O.Oc1ccc(C2(c3ccc(O)cc3)c3ccccc3-c3ccccc32)cc1. The molecule has 99 heavy (non-hydrogen) atoms. The standard InChI is InChI=1S/C43H22O10.C25H18O2.C9H3ClO4.C4H8O/c44-37(23-9-19-31-33(21-23)41(48)52-39(31)46)50-27-15-11-25(12-16-27)43(35-7-3-1-5-29(35)30-6-2-4-8-36(30)43)26-13-17-28(18-14-26)51-38(45)24-10-20-32-34(22-24)42(49)53-40(32)47;26-19-13-9-17(10-14-19)25(18-11-15-20(27)16-12-18)23-7-3-1-5-21(23)22-6-2-4-8-24(22)25;10-7(11)4-1-2-5-6(3-4)9(13)14-8(5)12;1-2-4-5-3-1/h1-22H;1-16,26-27H;1-3H;1-4H2. The molecule has 0 atom stereocenters. The first-order valence-corrected chi connectivity index (χ1v) is 31.5. The molecule has 2 aliphatic carbocycles. The lowest BCUT2D eigenvalue weighted by Crippen LogP contribution is -2.28. The molecule has 18 heteroatoms. The number of benzene rings is 11. The van der Waals surface area contributed by atoms with E-state index in [4.69, 9.17) is 25.8 Å². The summed E-state index contributed by atoms with van der Waals surface area (Å²) < 4.78 is 29.9. The minimum absolute atomic E-state index is 0.00796. The second-order valence-corrected chi connectivity index (χ2v) is 23.9. The van der Waals surface area contributed by atoms with Crippen LogP contribution in [0.5, 0.6) is 23.0 Å². The first-order valence-electron chi connectivity index (χ1n) is 31.2. The summed E-state index contributed by atoms with van der Waals surface area (Å²) in [6.45, 7) is 2.00. The number of hydrogen-bond acceptors (Lipinski definition) is 17. The van der Waals surface area contributed by atoms with E-state index >= 15 is 0 Å². The number of rotatable bonds is 9. The Kier molecular flexibility index (Phi) is 16.8. The second-order valence-electron chi connectivity index (χ2n) is 23.5. The number of phenolic OH excluding ortho intramolecular Hbond substituents is 2. The number of carbonyl (C=O) groups is 9. The maximum atomic E-state index is 13.1. The summed E-state index contributed by atoms with van der Waals surface area (Å²) in [5.74, 6) is -4.99. The van der Waals surface area contributed by atoms with Crippen LogP contribution in [0.4, 0.5) is 0 Å². The number of carbonyl (C=O) groups excluding carboxylic acids is 9. The van der Waals surface area contributed by atoms with Crippen LogP contribution in [0.2, 0.25) is 0 Å². The van der Waals surface area contributed by atoms with Crippen molar-refractivity contribution in [1.29, 1.82) is 0 Å². The van der Waals surface area contributed by atoms with E-state index in [1.807, 2.05) is 72.8 Å². The van der Waals surface area contributed by atoms with E-state index < -0.39 is 63.8 Å². The number of esters is 8. The van der Waals surface area contributed by atoms with Crippen LogP contribution in [-0.2, 0) is 29.8 Å². The molecule has 4 heterocycles. The Morgan fingerprint density at radius 1 is 0.323 bits per heavy atom. The number of fused-ring (bicyclic) bond motifs is 9. The Bertz CT molecular complexity index is 4900.